The zero-order chi connectivity index (χ0) is 18.1. The van der Waals surface area contributed by atoms with Gasteiger partial charge in [-0.05, 0) is 50.4 Å². The number of furan rings is 1. The maximum Gasteiger partial charge on any atom is 0.318 e. The monoisotopic (exact) mass is 335 g/mol. The summed E-state index contributed by atoms with van der Waals surface area (Å²) in [7, 11) is 4.05. The molecule has 2 amide bonds. The van der Waals surface area contributed by atoms with Gasteiger partial charge in [0.1, 0.15) is 11.5 Å². The normalized spacial score (nSPS) is 23.8. The zero-order valence-corrected chi connectivity index (χ0v) is 16.2. The Morgan fingerprint density at radius 1 is 1.42 bits per heavy atom. The lowest BCUT2D eigenvalue weighted by Crippen LogP contribution is -2.53. The average molecular weight is 335 g/mol. The summed E-state index contributed by atoms with van der Waals surface area (Å²) >= 11 is 0. The molecule has 136 valence electrons. The molecule has 2 heterocycles. The molecular weight excluding hydrogens is 302 g/mol. The first-order chi connectivity index (χ1) is 11.1. The van der Waals surface area contributed by atoms with Gasteiger partial charge in [0.2, 0.25) is 0 Å². The van der Waals surface area contributed by atoms with Crippen molar-refractivity contribution in [1.82, 2.24) is 15.1 Å². The van der Waals surface area contributed by atoms with Crippen molar-refractivity contribution >= 4 is 6.03 Å². The summed E-state index contributed by atoms with van der Waals surface area (Å²) in [5, 5.41) is 3.20. The summed E-state index contributed by atoms with van der Waals surface area (Å²) in [6.07, 6.45) is 1.02. The molecule has 5 heteroatoms. The molecule has 2 rings (SSSR count). The lowest BCUT2D eigenvalue weighted by atomic mass is 9.85. The molecule has 0 bridgehead atoms. The first-order valence-corrected chi connectivity index (χ1v) is 8.87. The predicted molar refractivity (Wildman–Crippen MR) is 97.0 cm³/mol. The second kappa shape index (κ2) is 7.18. The van der Waals surface area contributed by atoms with Gasteiger partial charge in [-0.15, -0.1) is 0 Å². The van der Waals surface area contributed by atoms with Gasteiger partial charge in [-0.1, -0.05) is 27.7 Å². The van der Waals surface area contributed by atoms with Crippen LogP contribution in [-0.4, -0.2) is 49.1 Å². The fourth-order valence-electron chi connectivity index (χ4n) is 3.62. The van der Waals surface area contributed by atoms with Gasteiger partial charge in [0, 0.05) is 19.6 Å². The van der Waals surface area contributed by atoms with E-state index in [2.05, 4.69) is 45.0 Å². The van der Waals surface area contributed by atoms with Gasteiger partial charge in [-0.3, -0.25) is 0 Å². The van der Waals surface area contributed by atoms with Crippen molar-refractivity contribution in [1.29, 1.82) is 0 Å². The van der Waals surface area contributed by atoms with Gasteiger partial charge in [-0.2, -0.15) is 0 Å². The van der Waals surface area contributed by atoms with E-state index >= 15 is 0 Å². The summed E-state index contributed by atoms with van der Waals surface area (Å²) < 4.78 is 5.79. The maximum atomic E-state index is 12.9. The number of carbonyl (C=O) groups excluding carboxylic acids is 1. The first-order valence-electron chi connectivity index (χ1n) is 8.87. The minimum atomic E-state index is -0.150. The molecular formula is C19H33N3O2. The number of nitrogens with one attached hydrogen (secondary N) is 1. The molecule has 0 aliphatic carbocycles. The first kappa shape index (κ1) is 18.8. The number of aryl methyl sites for hydroxylation is 1. The van der Waals surface area contributed by atoms with Crippen molar-refractivity contribution < 1.29 is 9.21 Å². The lowest BCUT2D eigenvalue weighted by molar-refractivity contribution is 0.101. The molecule has 24 heavy (non-hydrogen) atoms. The quantitative estimate of drug-likeness (QED) is 0.917. The second-order valence-electron chi connectivity index (χ2n) is 8.40. The second-order valence-corrected chi connectivity index (χ2v) is 8.40. The Morgan fingerprint density at radius 3 is 2.58 bits per heavy atom. The average Bonchev–Trinajstić information content (AvgIpc) is 2.88. The Bertz CT molecular complexity index is 561. The number of carbonyl (C=O) groups is 1. The summed E-state index contributed by atoms with van der Waals surface area (Å²) in [6.45, 7) is 12.6. The van der Waals surface area contributed by atoms with Gasteiger partial charge in [0.15, 0.2) is 0 Å². The van der Waals surface area contributed by atoms with Crippen LogP contribution in [0.25, 0.3) is 0 Å². The number of hydrogen-bond donors (Lipinski definition) is 1. The summed E-state index contributed by atoms with van der Waals surface area (Å²) in [5.41, 5.74) is -0.126. The Hall–Kier alpha value is -1.49. The van der Waals surface area contributed by atoms with Crippen LogP contribution in [0.3, 0.4) is 0 Å². The highest BCUT2D eigenvalue weighted by Gasteiger charge is 2.34. The number of nitrogens with zero attached hydrogens (tertiary/aromatic N) is 2. The molecule has 1 aromatic heterocycles. The third-order valence-corrected chi connectivity index (χ3v) is 5.06. The van der Waals surface area contributed by atoms with Crippen molar-refractivity contribution in [2.45, 2.75) is 53.1 Å². The Morgan fingerprint density at radius 2 is 2.08 bits per heavy atom. The van der Waals surface area contributed by atoms with E-state index in [0.717, 1.165) is 31.0 Å². The molecule has 1 N–H and O–H groups in total. The van der Waals surface area contributed by atoms with Crippen LogP contribution < -0.4 is 5.32 Å². The standard InChI is InChI=1S/C19H33N3O2/c1-13-12-21(6)11-10-15(13)22(7)18(23)20-17(19(3,4)5)16-9-8-14(2)24-16/h8-9,13,15,17H,10-12H2,1-7H3,(H,20,23)/t13-,15-,17-/m0/s1. The van der Waals surface area contributed by atoms with E-state index in [1.54, 1.807) is 0 Å². The number of hydrogen-bond acceptors (Lipinski definition) is 3. The van der Waals surface area contributed by atoms with Crippen LogP contribution in [0.4, 0.5) is 4.79 Å². The van der Waals surface area contributed by atoms with Crippen LogP contribution >= 0.6 is 0 Å². The van der Waals surface area contributed by atoms with E-state index in [1.165, 1.54) is 0 Å². The van der Waals surface area contributed by atoms with Crippen molar-refractivity contribution in [3.05, 3.63) is 23.7 Å². The molecule has 0 radical (unpaired) electrons. The third kappa shape index (κ3) is 4.32. The SMILES string of the molecule is Cc1ccc([C@H](NC(=O)N(C)[C@H]2CCN(C)C[C@@H]2C)C(C)(C)C)o1. The molecule has 0 saturated carbocycles. The molecule has 0 spiro atoms. The highest BCUT2D eigenvalue weighted by Crippen LogP contribution is 2.34. The minimum absolute atomic E-state index is 0.0228. The molecule has 1 aromatic rings. The van der Waals surface area contributed by atoms with E-state index in [1.807, 2.05) is 31.0 Å². The molecule has 0 unspecified atom stereocenters. The van der Waals surface area contributed by atoms with E-state index in [4.69, 9.17) is 4.42 Å². The van der Waals surface area contributed by atoms with Gasteiger partial charge in [-0.25, -0.2) is 4.79 Å². The Balaban J connectivity index is 2.10. The zero-order valence-electron chi connectivity index (χ0n) is 16.2. The highest BCUT2D eigenvalue weighted by molar-refractivity contribution is 5.75. The number of likely N-dealkylation sites (tertiary alicyclic amines) is 1. The number of piperidine rings is 1. The summed E-state index contributed by atoms with van der Waals surface area (Å²) in [6, 6.07) is 4.01. The maximum absolute atomic E-state index is 12.9. The van der Waals surface area contributed by atoms with Crippen molar-refractivity contribution in [2.75, 3.05) is 27.2 Å². The Labute approximate surface area is 146 Å². The fourth-order valence-corrected chi connectivity index (χ4v) is 3.62. The van der Waals surface area contributed by atoms with Crippen LogP contribution in [-0.2, 0) is 0 Å². The van der Waals surface area contributed by atoms with Gasteiger partial charge < -0.3 is 19.5 Å². The number of amides is 2. The van der Waals surface area contributed by atoms with Crippen LogP contribution in [0, 0.1) is 18.3 Å². The van der Waals surface area contributed by atoms with Crippen LogP contribution in [0.2, 0.25) is 0 Å². The van der Waals surface area contributed by atoms with Gasteiger partial charge in [0.25, 0.3) is 0 Å². The van der Waals surface area contributed by atoms with E-state index in [-0.39, 0.29) is 23.5 Å². The highest BCUT2D eigenvalue weighted by atomic mass is 16.3. The molecule has 5 nitrogen and oxygen atoms in total. The summed E-state index contributed by atoms with van der Waals surface area (Å²) in [4.78, 5) is 17.1. The van der Waals surface area contributed by atoms with Crippen molar-refractivity contribution in [3.8, 4) is 0 Å². The smallest absolute Gasteiger partial charge is 0.318 e. The number of urea groups is 1. The lowest BCUT2D eigenvalue weighted by Gasteiger charge is -2.41. The van der Waals surface area contributed by atoms with E-state index in [0.29, 0.717) is 5.92 Å². The van der Waals surface area contributed by atoms with Gasteiger partial charge >= 0.3 is 6.03 Å². The van der Waals surface area contributed by atoms with Crippen LogP contribution in [0.15, 0.2) is 16.5 Å². The third-order valence-electron chi connectivity index (χ3n) is 5.06. The largest absolute Gasteiger partial charge is 0.464 e. The molecule has 3 atom stereocenters. The van der Waals surface area contributed by atoms with Crippen LogP contribution in [0.5, 0.6) is 0 Å². The van der Waals surface area contributed by atoms with Gasteiger partial charge in [0.05, 0.1) is 6.04 Å². The molecule has 1 fully saturated rings. The van der Waals surface area contributed by atoms with E-state index < -0.39 is 0 Å². The minimum Gasteiger partial charge on any atom is -0.464 e. The Kier molecular flexibility index (Phi) is 5.63. The molecule has 1 aliphatic heterocycles. The molecule has 1 saturated heterocycles. The predicted octanol–water partition coefficient (Wildman–Crippen LogP) is 3.66. The van der Waals surface area contributed by atoms with E-state index in [9.17, 15) is 4.79 Å². The topological polar surface area (TPSA) is 48.7 Å². The van der Waals surface area contributed by atoms with Crippen molar-refractivity contribution in [3.63, 3.8) is 0 Å². The molecule has 1 aliphatic rings. The fraction of sp³-hybridized carbons (Fsp3) is 0.737. The number of rotatable bonds is 3. The molecule has 0 aromatic carbocycles. The van der Waals surface area contributed by atoms with Crippen LogP contribution in [0.1, 0.15) is 51.7 Å². The van der Waals surface area contributed by atoms with Crippen molar-refractivity contribution in [2.24, 2.45) is 11.3 Å². The summed E-state index contributed by atoms with van der Waals surface area (Å²) in [5.74, 6) is 2.16.